The molecule has 0 aliphatic carbocycles. The summed E-state index contributed by atoms with van der Waals surface area (Å²) in [5, 5.41) is 9.56. The smallest absolute Gasteiger partial charge is 0.163 e. The number of carbonyl (C=O) groups excluding carboxylic acids is 1. The highest BCUT2D eigenvalue weighted by molar-refractivity contribution is 5.97. The van der Waals surface area contributed by atoms with E-state index in [9.17, 15) is 9.90 Å². The van der Waals surface area contributed by atoms with Gasteiger partial charge in [0.05, 0.1) is 5.56 Å². The molecule has 14 heavy (non-hydrogen) atoms. The van der Waals surface area contributed by atoms with Crippen LogP contribution in [-0.2, 0) is 6.42 Å². The van der Waals surface area contributed by atoms with Gasteiger partial charge in [0.25, 0.3) is 0 Å². The molecular formula is C11H12O3. The highest BCUT2D eigenvalue weighted by atomic mass is 16.5. The topological polar surface area (TPSA) is 46.5 Å². The zero-order valence-corrected chi connectivity index (χ0v) is 8.20. The van der Waals surface area contributed by atoms with Gasteiger partial charge in [0.1, 0.15) is 17.6 Å². The number of phenols is 1. The van der Waals surface area contributed by atoms with Gasteiger partial charge in [-0.15, -0.1) is 0 Å². The Kier molecular flexibility index (Phi) is 1.95. The minimum Gasteiger partial charge on any atom is -0.508 e. The van der Waals surface area contributed by atoms with Crippen molar-refractivity contribution in [3.05, 3.63) is 23.3 Å². The fourth-order valence-electron chi connectivity index (χ4n) is 1.76. The Morgan fingerprint density at radius 1 is 1.57 bits per heavy atom. The number of carbonyl (C=O) groups is 1. The molecule has 0 amide bonds. The van der Waals surface area contributed by atoms with Gasteiger partial charge < -0.3 is 9.84 Å². The van der Waals surface area contributed by atoms with Crippen molar-refractivity contribution in [1.29, 1.82) is 0 Å². The molecule has 0 fully saturated rings. The van der Waals surface area contributed by atoms with Crippen LogP contribution >= 0.6 is 0 Å². The molecule has 1 aromatic carbocycles. The second-order valence-corrected chi connectivity index (χ2v) is 3.63. The number of ketones is 1. The van der Waals surface area contributed by atoms with Gasteiger partial charge in [0, 0.05) is 12.0 Å². The van der Waals surface area contributed by atoms with Gasteiger partial charge in [-0.05, 0) is 26.0 Å². The lowest BCUT2D eigenvalue weighted by Crippen LogP contribution is -2.06. The monoisotopic (exact) mass is 192 g/mol. The number of hydrogen-bond acceptors (Lipinski definition) is 3. The van der Waals surface area contributed by atoms with Crippen LogP contribution in [0.25, 0.3) is 0 Å². The third-order valence-corrected chi connectivity index (χ3v) is 2.43. The van der Waals surface area contributed by atoms with Crippen molar-refractivity contribution in [2.24, 2.45) is 0 Å². The van der Waals surface area contributed by atoms with Gasteiger partial charge in [0.2, 0.25) is 0 Å². The van der Waals surface area contributed by atoms with E-state index in [0.717, 1.165) is 5.56 Å². The average molecular weight is 192 g/mol. The molecule has 1 heterocycles. The van der Waals surface area contributed by atoms with E-state index >= 15 is 0 Å². The molecule has 0 spiro atoms. The first kappa shape index (κ1) is 9.06. The molecule has 1 N–H and O–H groups in total. The van der Waals surface area contributed by atoms with Crippen molar-refractivity contribution in [3.63, 3.8) is 0 Å². The summed E-state index contributed by atoms with van der Waals surface area (Å²) in [5.74, 6) is 0.745. The summed E-state index contributed by atoms with van der Waals surface area (Å²) in [6, 6.07) is 3.16. The lowest BCUT2D eigenvalue weighted by Gasteiger charge is -2.07. The molecule has 1 aromatic rings. The van der Waals surface area contributed by atoms with Crippen LogP contribution in [0.2, 0.25) is 0 Å². The average Bonchev–Trinajstić information content (AvgIpc) is 2.47. The van der Waals surface area contributed by atoms with Crippen LogP contribution in [0, 0.1) is 0 Å². The second kappa shape index (κ2) is 3.01. The fourth-order valence-corrected chi connectivity index (χ4v) is 1.76. The van der Waals surface area contributed by atoms with Crippen LogP contribution in [0.1, 0.15) is 29.8 Å². The molecule has 3 nitrogen and oxygen atoms in total. The Morgan fingerprint density at radius 3 is 2.93 bits per heavy atom. The molecule has 1 unspecified atom stereocenters. The van der Waals surface area contributed by atoms with Crippen molar-refractivity contribution in [1.82, 2.24) is 0 Å². The molecule has 1 aliphatic heterocycles. The van der Waals surface area contributed by atoms with Crippen molar-refractivity contribution in [2.45, 2.75) is 26.4 Å². The second-order valence-electron chi connectivity index (χ2n) is 3.63. The van der Waals surface area contributed by atoms with Crippen molar-refractivity contribution < 1.29 is 14.6 Å². The van der Waals surface area contributed by atoms with Crippen molar-refractivity contribution in [2.75, 3.05) is 0 Å². The summed E-state index contributed by atoms with van der Waals surface area (Å²) < 4.78 is 5.50. The SMILES string of the molecule is CC(=O)c1ccc(O)c2c1OC(C)C2. The maximum absolute atomic E-state index is 11.3. The van der Waals surface area contributed by atoms with Crippen LogP contribution in [0.15, 0.2) is 12.1 Å². The lowest BCUT2D eigenvalue weighted by molar-refractivity contribution is 0.101. The van der Waals surface area contributed by atoms with Crippen LogP contribution in [0.5, 0.6) is 11.5 Å². The molecule has 0 saturated carbocycles. The largest absolute Gasteiger partial charge is 0.508 e. The lowest BCUT2D eigenvalue weighted by atomic mass is 10.0. The van der Waals surface area contributed by atoms with E-state index in [-0.39, 0.29) is 17.6 Å². The van der Waals surface area contributed by atoms with E-state index < -0.39 is 0 Å². The fraction of sp³-hybridized carbons (Fsp3) is 0.364. The van der Waals surface area contributed by atoms with Crippen LogP contribution in [0.3, 0.4) is 0 Å². The standard InChI is InChI=1S/C11H12O3/c1-6-5-9-10(13)4-3-8(7(2)12)11(9)14-6/h3-4,6,13H,5H2,1-2H3. The zero-order valence-electron chi connectivity index (χ0n) is 8.20. The quantitative estimate of drug-likeness (QED) is 0.691. The molecule has 2 rings (SSSR count). The first-order valence-corrected chi connectivity index (χ1v) is 4.62. The van der Waals surface area contributed by atoms with E-state index in [0.29, 0.717) is 17.7 Å². The minimum absolute atomic E-state index is 0.0321. The number of ether oxygens (including phenoxy) is 1. The van der Waals surface area contributed by atoms with E-state index in [2.05, 4.69) is 0 Å². The van der Waals surface area contributed by atoms with Crippen LogP contribution in [0.4, 0.5) is 0 Å². The number of benzene rings is 1. The number of rotatable bonds is 1. The Morgan fingerprint density at radius 2 is 2.29 bits per heavy atom. The number of hydrogen-bond donors (Lipinski definition) is 1. The number of aromatic hydroxyl groups is 1. The molecule has 0 aromatic heterocycles. The molecule has 1 atom stereocenters. The van der Waals surface area contributed by atoms with E-state index in [1.54, 1.807) is 12.1 Å². The highest BCUT2D eigenvalue weighted by Gasteiger charge is 2.26. The first-order valence-electron chi connectivity index (χ1n) is 4.62. The third kappa shape index (κ3) is 1.25. The predicted octanol–water partition coefficient (Wildman–Crippen LogP) is 1.92. The Hall–Kier alpha value is -1.51. The molecule has 74 valence electrons. The first-order chi connectivity index (χ1) is 6.59. The maximum atomic E-state index is 11.3. The Labute approximate surface area is 82.3 Å². The molecule has 0 radical (unpaired) electrons. The Bertz CT molecular complexity index is 396. The minimum atomic E-state index is -0.0321. The van der Waals surface area contributed by atoms with Gasteiger partial charge in [-0.25, -0.2) is 0 Å². The normalized spacial score (nSPS) is 18.9. The highest BCUT2D eigenvalue weighted by Crippen LogP contribution is 2.38. The van der Waals surface area contributed by atoms with Crippen molar-refractivity contribution >= 4 is 5.78 Å². The third-order valence-electron chi connectivity index (χ3n) is 2.43. The molecule has 3 heteroatoms. The van der Waals surface area contributed by atoms with Crippen LogP contribution < -0.4 is 4.74 Å². The summed E-state index contributed by atoms with van der Waals surface area (Å²) in [6.07, 6.45) is 0.707. The number of Topliss-reactive ketones (excluding diaryl/α,β-unsaturated/α-hetero) is 1. The van der Waals surface area contributed by atoms with Crippen LogP contribution in [-0.4, -0.2) is 17.0 Å². The maximum Gasteiger partial charge on any atom is 0.163 e. The summed E-state index contributed by atoms with van der Waals surface area (Å²) >= 11 is 0. The molecule has 0 bridgehead atoms. The molecule has 0 saturated heterocycles. The predicted molar refractivity (Wildman–Crippen MR) is 51.9 cm³/mol. The number of phenolic OH excluding ortho intramolecular Hbond substituents is 1. The van der Waals surface area contributed by atoms with Gasteiger partial charge in [-0.2, -0.15) is 0 Å². The van der Waals surface area contributed by atoms with Gasteiger partial charge in [-0.1, -0.05) is 0 Å². The van der Waals surface area contributed by atoms with Gasteiger partial charge >= 0.3 is 0 Å². The summed E-state index contributed by atoms with van der Waals surface area (Å²) in [6.45, 7) is 3.42. The van der Waals surface area contributed by atoms with Gasteiger partial charge in [-0.3, -0.25) is 4.79 Å². The Balaban J connectivity index is 2.59. The van der Waals surface area contributed by atoms with E-state index in [4.69, 9.17) is 4.74 Å². The summed E-state index contributed by atoms with van der Waals surface area (Å²) in [4.78, 5) is 11.3. The summed E-state index contributed by atoms with van der Waals surface area (Å²) in [7, 11) is 0. The van der Waals surface area contributed by atoms with E-state index in [1.807, 2.05) is 6.92 Å². The van der Waals surface area contributed by atoms with Crippen molar-refractivity contribution in [3.8, 4) is 11.5 Å². The number of fused-ring (bicyclic) bond motifs is 1. The van der Waals surface area contributed by atoms with Gasteiger partial charge in [0.15, 0.2) is 5.78 Å². The molecule has 1 aliphatic rings. The summed E-state index contributed by atoms with van der Waals surface area (Å²) in [5.41, 5.74) is 1.31. The zero-order chi connectivity index (χ0) is 10.3. The van der Waals surface area contributed by atoms with E-state index in [1.165, 1.54) is 6.92 Å². The molecular weight excluding hydrogens is 180 g/mol.